The number of rotatable bonds is 3. The van der Waals surface area contributed by atoms with Crippen molar-refractivity contribution in [2.45, 2.75) is 17.8 Å². The molecule has 3 aromatic rings. The Morgan fingerprint density at radius 2 is 2.35 bits per heavy atom. The van der Waals surface area contributed by atoms with E-state index in [0.717, 1.165) is 0 Å². The van der Waals surface area contributed by atoms with Gasteiger partial charge < -0.3 is 4.52 Å². The van der Waals surface area contributed by atoms with Crippen molar-refractivity contribution in [3.8, 4) is 0 Å². The van der Waals surface area contributed by atoms with Gasteiger partial charge in [-0.2, -0.15) is 9.97 Å². The molecule has 86 valence electrons. The van der Waals surface area contributed by atoms with Crippen molar-refractivity contribution in [1.29, 1.82) is 0 Å². The van der Waals surface area contributed by atoms with Crippen molar-refractivity contribution < 1.29 is 4.52 Å². The second-order valence-electron chi connectivity index (χ2n) is 3.28. The van der Waals surface area contributed by atoms with Crippen LogP contribution in [0.2, 0.25) is 0 Å². The van der Waals surface area contributed by atoms with Crippen molar-refractivity contribution in [1.82, 2.24) is 29.7 Å². The Morgan fingerprint density at radius 1 is 1.41 bits per heavy atom. The molecule has 0 saturated heterocycles. The first-order valence-corrected chi connectivity index (χ1v) is 5.89. The molecule has 0 aromatic carbocycles. The summed E-state index contributed by atoms with van der Waals surface area (Å²) >= 11 is 1.43. The lowest BCUT2D eigenvalue weighted by atomic mass is 10.7. The third-order valence-electron chi connectivity index (χ3n) is 1.99. The first kappa shape index (κ1) is 10.2. The van der Waals surface area contributed by atoms with Crippen LogP contribution < -0.4 is 0 Å². The summed E-state index contributed by atoms with van der Waals surface area (Å²) in [5.41, 5.74) is 0. The average molecular weight is 248 g/mol. The zero-order chi connectivity index (χ0) is 11.7. The summed E-state index contributed by atoms with van der Waals surface area (Å²) in [5.74, 6) is 2.33. The predicted molar refractivity (Wildman–Crippen MR) is 59.4 cm³/mol. The maximum absolute atomic E-state index is 5.00. The van der Waals surface area contributed by atoms with Gasteiger partial charge in [-0.15, -0.1) is 5.10 Å². The van der Waals surface area contributed by atoms with Crippen LogP contribution in [0.1, 0.15) is 11.7 Å². The molecule has 3 aromatic heterocycles. The summed E-state index contributed by atoms with van der Waals surface area (Å²) in [7, 11) is 0. The molecule has 3 heterocycles. The molecule has 8 heteroatoms. The fraction of sp³-hybridized carbons (Fsp3) is 0.222. The largest absolute Gasteiger partial charge is 0.338 e. The monoisotopic (exact) mass is 248 g/mol. The molecule has 0 radical (unpaired) electrons. The lowest BCUT2D eigenvalue weighted by molar-refractivity contribution is 0.387. The third kappa shape index (κ3) is 2.11. The molecular weight excluding hydrogens is 240 g/mol. The molecule has 0 aliphatic rings. The summed E-state index contributed by atoms with van der Waals surface area (Å²) in [4.78, 5) is 12.4. The van der Waals surface area contributed by atoms with E-state index in [2.05, 4.69) is 25.2 Å². The highest BCUT2D eigenvalue weighted by atomic mass is 32.2. The van der Waals surface area contributed by atoms with Gasteiger partial charge >= 0.3 is 0 Å². The van der Waals surface area contributed by atoms with E-state index in [-0.39, 0.29) is 0 Å². The highest BCUT2D eigenvalue weighted by Gasteiger charge is 2.08. The molecule has 0 spiro atoms. The van der Waals surface area contributed by atoms with Crippen LogP contribution in [0.5, 0.6) is 0 Å². The Kier molecular flexibility index (Phi) is 2.48. The van der Waals surface area contributed by atoms with Gasteiger partial charge in [-0.1, -0.05) is 16.9 Å². The number of hydrogen-bond donors (Lipinski definition) is 0. The minimum Gasteiger partial charge on any atom is -0.338 e. The fourth-order valence-corrected chi connectivity index (χ4v) is 1.96. The summed E-state index contributed by atoms with van der Waals surface area (Å²) in [6.45, 7) is 1.78. The number of thioether (sulfide) groups is 1. The zero-order valence-corrected chi connectivity index (χ0v) is 9.76. The van der Waals surface area contributed by atoms with E-state index in [1.807, 2.05) is 0 Å². The smallest absolute Gasteiger partial charge is 0.253 e. The van der Waals surface area contributed by atoms with Crippen LogP contribution in [0.15, 0.2) is 28.1 Å². The van der Waals surface area contributed by atoms with E-state index in [1.165, 1.54) is 11.8 Å². The Labute approximate surface area is 100 Å². The molecule has 0 aliphatic carbocycles. The van der Waals surface area contributed by atoms with Gasteiger partial charge in [0.2, 0.25) is 11.0 Å². The standard InChI is InChI=1S/C9H8N6OS/c1-6-11-7(16-14-6)5-17-9-12-8-10-3-2-4-15(8)13-9/h2-4H,5H2,1H3. The van der Waals surface area contributed by atoms with Gasteiger partial charge in [0.1, 0.15) is 0 Å². The van der Waals surface area contributed by atoms with E-state index in [1.54, 1.807) is 29.9 Å². The maximum Gasteiger partial charge on any atom is 0.253 e. The average Bonchev–Trinajstić information content (AvgIpc) is 2.91. The van der Waals surface area contributed by atoms with Crippen molar-refractivity contribution in [3.05, 3.63) is 30.2 Å². The van der Waals surface area contributed by atoms with Gasteiger partial charge in [-0.25, -0.2) is 9.50 Å². The normalized spacial score (nSPS) is 11.1. The molecule has 17 heavy (non-hydrogen) atoms. The highest BCUT2D eigenvalue weighted by Crippen LogP contribution is 2.18. The van der Waals surface area contributed by atoms with Crippen LogP contribution in [0.25, 0.3) is 5.78 Å². The van der Waals surface area contributed by atoms with Crippen LogP contribution in [0.3, 0.4) is 0 Å². The van der Waals surface area contributed by atoms with Gasteiger partial charge in [0, 0.05) is 12.4 Å². The van der Waals surface area contributed by atoms with Crippen LogP contribution in [-0.4, -0.2) is 29.7 Å². The molecule has 0 unspecified atom stereocenters. The molecule has 7 nitrogen and oxygen atoms in total. The van der Waals surface area contributed by atoms with Gasteiger partial charge in [-0.05, 0) is 13.0 Å². The molecule has 0 saturated carbocycles. The molecule has 0 aliphatic heterocycles. The van der Waals surface area contributed by atoms with Crippen LogP contribution in [-0.2, 0) is 5.75 Å². The number of aromatic nitrogens is 6. The SMILES string of the molecule is Cc1noc(CSc2nc3ncccn3n2)n1. The Morgan fingerprint density at radius 3 is 3.12 bits per heavy atom. The maximum atomic E-state index is 5.00. The van der Waals surface area contributed by atoms with Gasteiger partial charge in [0.15, 0.2) is 5.82 Å². The topological polar surface area (TPSA) is 82.0 Å². The number of fused-ring (bicyclic) bond motifs is 1. The molecule has 0 atom stereocenters. The lowest BCUT2D eigenvalue weighted by Gasteiger charge is -1.88. The van der Waals surface area contributed by atoms with Crippen molar-refractivity contribution in [2.24, 2.45) is 0 Å². The van der Waals surface area contributed by atoms with Crippen molar-refractivity contribution in [2.75, 3.05) is 0 Å². The quantitative estimate of drug-likeness (QED) is 0.642. The third-order valence-corrected chi connectivity index (χ3v) is 2.81. The predicted octanol–water partition coefficient (Wildman–Crippen LogP) is 1.11. The van der Waals surface area contributed by atoms with Crippen molar-refractivity contribution in [3.63, 3.8) is 0 Å². The van der Waals surface area contributed by atoms with E-state index in [9.17, 15) is 0 Å². The van der Waals surface area contributed by atoms with E-state index in [4.69, 9.17) is 4.52 Å². The number of hydrogen-bond acceptors (Lipinski definition) is 7. The fourth-order valence-electron chi connectivity index (χ4n) is 1.30. The second kappa shape index (κ2) is 4.13. The summed E-state index contributed by atoms with van der Waals surface area (Å²) < 4.78 is 6.63. The van der Waals surface area contributed by atoms with Crippen LogP contribution >= 0.6 is 11.8 Å². The van der Waals surface area contributed by atoms with E-state index < -0.39 is 0 Å². The summed E-state index contributed by atoms with van der Waals surface area (Å²) in [6, 6.07) is 1.80. The molecule has 3 rings (SSSR count). The van der Waals surface area contributed by atoms with Crippen molar-refractivity contribution >= 4 is 17.5 Å². The first-order valence-electron chi connectivity index (χ1n) is 4.90. The molecule has 0 fully saturated rings. The minimum atomic E-state index is 0.553. The van der Waals surface area contributed by atoms with Gasteiger partial charge in [-0.3, -0.25) is 0 Å². The molecule has 0 amide bonds. The van der Waals surface area contributed by atoms with E-state index >= 15 is 0 Å². The summed E-state index contributed by atoms with van der Waals surface area (Å²) in [6.07, 6.45) is 3.48. The van der Waals surface area contributed by atoms with Crippen LogP contribution in [0.4, 0.5) is 0 Å². The molecule has 0 bridgehead atoms. The zero-order valence-electron chi connectivity index (χ0n) is 8.94. The van der Waals surface area contributed by atoms with E-state index in [0.29, 0.717) is 28.4 Å². The number of nitrogens with zero attached hydrogens (tertiary/aromatic N) is 6. The lowest BCUT2D eigenvalue weighted by Crippen LogP contribution is -1.87. The van der Waals surface area contributed by atoms with Gasteiger partial charge in [0.25, 0.3) is 5.78 Å². The first-order chi connectivity index (χ1) is 8.31. The Bertz CT molecular complexity index is 615. The highest BCUT2D eigenvalue weighted by molar-refractivity contribution is 7.98. The Hall–Kier alpha value is -1.96. The van der Waals surface area contributed by atoms with Gasteiger partial charge in [0.05, 0.1) is 5.75 Å². The summed E-state index contributed by atoms with van der Waals surface area (Å²) in [5, 5.41) is 8.60. The number of aryl methyl sites for hydroxylation is 1. The van der Waals surface area contributed by atoms with Crippen LogP contribution in [0, 0.1) is 6.92 Å². The Balaban J connectivity index is 1.76. The molecule has 0 N–H and O–H groups in total. The molecular formula is C9H8N6OS. The second-order valence-corrected chi connectivity index (χ2v) is 4.23. The minimum absolute atomic E-state index is 0.553.